The largest absolute Gasteiger partial charge is 0.339 e. The molecule has 32 heavy (non-hydrogen) atoms. The Bertz CT molecular complexity index is 1390. The average molecular weight is 468 g/mol. The fraction of sp³-hybridized carbons (Fsp3) is 0.227. The Morgan fingerprint density at radius 3 is 2.47 bits per heavy atom. The molecule has 0 unspecified atom stereocenters. The minimum Gasteiger partial charge on any atom is -0.339 e. The number of pyridine rings is 1. The molecule has 0 aliphatic carbocycles. The molecule has 0 radical (unpaired) electrons. The zero-order valence-electron chi connectivity index (χ0n) is 17.2. The van der Waals surface area contributed by atoms with Gasteiger partial charge in [-0.05, 0) is 35.0 Å². The van der Waals surface area contributed by atoms with E-state index < -0.39 is 10.0 Å². The number of rotatable bonds is 5. The van der Waals surface area contributed by atoms with Gasteiger partial charge in [-0.25, -0.2) is 8.42 Å². The van der Waals surface area contributed by atoms with Crippen molar-refractivity contribution in [2.75, 3.05) is 31.9 Å². The summed E-state index contributed by atoms with van der Waals surface area (Å²) >= 11 is 1.33. The fourth-order valence-corrected chi connectivity index (χ4v) is 6.08. The summed E-state index contributed by atoms with van der Waals surface area (Å²) in [5.74, 6) is 0.193. The first kappa shape index (κ1) is 20.9. The van der Waals surface area contributed by atoms with Crippen LogP contribution in [0.2, 0.25) is 0 Å². The van der Waals surface area contributed by atoms with Crippen LogP contribution in [0.15, 0.2) is 76.9 Å². The van der Waals surface area contributed by atoms with Gasteiger partial charge in [0.1, 0.15) is 0 Å². The molecule has 2 aromatic carbocycles. The number of nitrogens with zero attached hydrogens (tertiary/aromatic N) is 5. The Morgan fingerprint density at radius 1 is 0.906 bits per heavy atom. The first-order valence-electron chi connectivity index (χ1n) is 10.2. The van der Waals surface area contributed by atoms with Crippen molar-refractivity contribution < 1.29 is 13.2 Å². The summed E-state index contributed by atoms with van der Waals surface area (Å²) in [5, 5.41) is 10.8. The number of sulfonamides is 1. The number of piperazine rings is 1. The molecule has 3 heterocycles. The molecule has 8 nitrogen and oxygen atoms in total. The molecule has 10 heteroatoms. The van der Waals surface area contributed by atoms with Gasteiger partial charge in [0.05, 0.1) is 10.6 Å². The third kappa shape index (κ3) is 3.96. The number of hydrogen-bond donors (Lipinski definition) is 0. The second-order valence-electron chi connectivity index (χ2n) is 7.49. The summed E-state index contributed by atoms with van der Waals surface area (Å²) in [6.07, 6.45) is 1.86. The Balaban J connectivity index is 1.21. The van der Waals surface area contributed by atoms with Gasteiger partial charge in [0.15, 0.2) is 10.8 Å². The van der Waals surface area contributed by atoms with Crippen LogP contribution in [-0.2, 0) is 14.8 Å². The Hall–Kier alpha value is -2.95. The highest BCUT2D eigenvalue weighted by atomic mass is 32.2. The van der Waals surface area contributed by atoms with Gasteiger partial charge in [0, 0.05) is 32.4 Å². The summed E-state index contributed by atoms with van der Waals surface area (Å²) in [6, 6.07) is 18.5. The van der Waals surface area contributed by atoms with E-state index in [9.17, 15) is 13.2 Å². The van der Waals surface area contributed by atoms with E-state index in [1.54, 1.807) is 17.0 Å². The van der Waals surface area contributed by atoms with Gasteiger partial charge in [-0.3, -0.25) is 9.20 Å². The molecule has 0 saturated carbocycles. The fourth-order valence-electron chi connectivity index (χ4n) is 3.79. The van der Waals surface area contributed by atoms with Crippen molar-refractivity contribution in [3.63, 3.8) is 0 Å². The first-order valence-corrected chi connectivity index (χ1v) is 12.6. The highest BCUT2D eigenvalue weighted by molar-refractivity contribution is 7.99. The third-order valence-corrected chi connectivity index (χ3v) is 8.38. The number of fused-ring (bicyclic) bond motifs is 2. The van der Waals surface area contributed by atoms with E-state index in [0.29, 0.717) is 18.2 Å². The number of aromatic nitrogens is 3. The van der Waals surface area contributed by atoms with Gasteiger partial charge in [-0.15, -0.1) is 10.2 Å². The van der Waals surface area contributed by atoms with Gasteiger partial charge >= 0.3 is 0 Å². The minimum atomic E-state index is -3.61. The van der Waals surface area contributed by atoms with Crippen LogP contribution in [0.5, 0.6) is 0 Å². The molecule has 1 saturated heterocycles. The maximum Gasteiger partial charge on any atom is 0.243 e. The van der Waals surface area contributed by atoms with E-state index in [2.05, 4.69) is 10.2 Å². The predicted molar refractivity (Wildman–Crippen MR) is 123 cm³/mol. The molecule has 0 atom stereocenters. The Morgan fingerprint density at radius 2 is 1.66 bits per heavy atom. The maximum atomic E-state index is 13.1. The van der Waals surface area contributed by atoms with Gasteiger partial charge in [0.2, 0.25) is 15.9 Å². The molecule has 1 aliphatic heterocycles. The monoisotopic (exact) mass is 467 g/mol. The van der Waals surface area contributed by atoms with Crippen molar-refractivity contribution in [3.05, 3.63) is 66.9 Å². The van der Waals surface area contributed by atoms with Crippen molar-refractivity contribution in [3.8, 4) is 0 Å². The molecular formula is C22H21N5O3S2. The number of hydrogen-bond acceptors (Lipinski definition) is 6. The second-order valence-corrected chi connectivity index (χ2v) is 10.4. The summed E-state index contributed by atoms with van der Waals surface area (Å²) in [6.45, 7) is 1.29. The van der Waals surface area contributed by atoms with E-state index in [1.807, 2.05) is 59.1 Å². The van der Waals surface area contributed by atoms with Crippen LogP contribution in [0.3, 0.4) is 0 Å². The van der Waals surface area contributed by atoms with Crippen LogP contribution in [0, 0.1) is 0 Å². The molecule has 1 fully saturated rings. The van der Waals surface area contributed by atoms with Gasteiger partial charge in [0.25, 0.3) is 0 Å². The van der Waals surface area contributed by atoms with Crippen molar-refractivity contribution in [1.29, 1.82) is 0 Å². The maximum absolute atomic E-state index is 13.1. The van der Waals surface area contributed by atoms with E-state index in [-0.39, 0.29) is 29.6 Å². The molecular weight excluding hydrogens is 446 g/mol. The lowest BCUT2D eigenvalue weighted by Gasteiger charge is -2.34. The third-order valence-electron chi connectivity index (χ3n) is 5.56. The standard InChI is InChI=1S/C22H21N5O3S2/c28-21(16-31-22-24-23-20-7-3-4-10-27(20)22)25-11-13-26(14-12-25)32(29,30)19-9-8-17-5-1-2-6-18(17)15-19/h1-10,15H,11-14,16H2. The van der Waals surface area contributed by atoms with Crippen LogP contribution < -0.4 is 0 Å². The first-order chi connectivity index (χ1) is 15.5. The number of carbonyl (C=O) groups excluding carboxylic acids is 1. The molecule has 1 amide bonds. The average Bonchev–Trinajstić information content (AvgIpc) is 3.25. The number of carbonyl (C=O) groups is 1. The molecule has 164 valence electrons. The van der Waals surface area contributed by atoms with Crippen LogP contribution >= 0.6 is 11.8 Å². The Labute approximate surface area is 189 Å². The van der Waals surface area contributed by atoms with Crippen molar-refractivity contribution in [2.24, 2.45) is 0 Å². The van der Waals surface area contributed by atoms with Crippen LogP contribution in [-0.4, -0.2) is 70.1 Å². The zero-order chi connectivity index (χ0) is 22.1. The smallest absolute Gasteiger partial charge is 0.243 e. The van der Waals surface area contributed by atoms with Crippen molar-refractivity contribution in [2.45, 2.75) is 10.1 Å². The predicted octanol–water partition coefficient (Wildman–Crippen LogP) is 2.51. The molecule has 5 rings (SSSR count). The molecule has 0 spiro atoms. The quantitative estimate of drug-likeness (QED) is 0.419. The lowest BCUT2D eigenvalue weighted by Crippen LogP contribution is -2.50. The SMILES string of the molecule is O=C(CSc1nnc2ccccn12)N1CCN(S(=O)(=O)c2ccc3ccccc3c2)CC1. The molecule has 2 aromatic heterocycles. The molecule has 1 aliphatic rings. The van der Waals surface area contributed by atoms with E-state index in [4.69, 9.17) is 0 Å². The van der Waals surface area contributed by atoms with Crippen molar-refractivity contribution >= 4 is 44.1 Å². The van der Waals surface area contributed by atoms with Crippen LogP contribution in [0.1, 0.15) is 0 Å². The highest BCUT2D eigenvalue weighted by Gasteiger charge is 2.30. The zero-order valence-corrected chi connectivity index (χ0v) is 18.8. The van der Waals surface area contributed by atoms with Gasteiger partial charge in [-0.1, -0.05) is 48.2 Å². The van der Waals surface area contributed by atoms with Crippen LogP contribution in [0.25, 0.3) is 16.4 Å². The lowest BCUT2D eigenvalue weighted by atomic mass is 10.1. The summed E-state index contributed by atoms with van der Waals surface area (Å²) in [5.41, 5.74) is 0.731. The molecule has 0 bridgehead atoms. The summed E-state index contributed by atoms with van der Waals surface area (Å²) < 4.78 is 29.5. The summed E-state index contributed by atoms with van der Waals surface area (Å²) in [7, 11) is -3.61. The topological polar surface area (TPSA) is 87.9 Å². The lowest BCUT2D eigenvalue weighted by molar-refractivity contribution is -0.129. The van der Waals surface area contributed by atoms with E-state index >= 15 is 0 Å². The minimum absolute atomic E-state index is 0.0366. The van der Waals surface area contributed by atoms with Gasteiger partial charge < -0.3 is 4.90 Å². The second kappa shape index (κ2) is 8.53. The normalized spacial score (nSPS) is 15.4. The van der Waals surface area contributed by atoms with E-state index in [0.717, 1.165) is 16.4 Å². The number of thioether (sulfide) groups is 1. The number of benzene rings is 2. The highest BCUT2D eigenvalue weighted by Crippen LogP contribution is 2.23. The molecule has 0 N–H and O–H groups in total. The molecule has 4 aromatic rings. The van der Waals surface area contributed by atoms with Gasteiger partial charge in [-0.2, -0.15) is 4.31 Å². The summed E-state index contributed by atoms with van der Waals surface area (Å²) in [4.78, 5) is 14.7. The Kier molecular flexibility index (Phi) is 5.58. The van der Waals surface area contributed by atoms with E-state index in [1.165, 1.54) is 16.1 Å². The number of amides is 1. The van der Waals surface area contributed by atoms with Crippen molar-refractivity contribution in [1.82, 2.24) is 23.8 Å². The van der Waals surface area contributed by atoms with Crippen LogP contribution in [0.4, 0.5) is 0 Å².